The van der Waals surface area contributed by atoms with Crippen molar-refractivity contribution < 1.29 is 0 Å². The summed E-state index contributed by atoms with van der Waals surface area (Å²) in [4.78, 5) is 0. The van der Waals surface area contributed by atoms with Gasteiger partial charge in [-0.15, -0.1) is 0 Å². The molecule has 0 nitrogen and oxygen atoms in total. The molecule has 3 aliphatic carbocycles. The van der Waals surface area contributed by atoms with Gasteiger partial charge < -0.3 is 0 Å². The largest absolute Gasteiger partial charge is 0.0533 e. The monoisotopic (exact) mass is 248 g/mol. The Labute approximate surface area is 114 Å². The van der Waals surface area contributed by atoms with E-state index in [9.17, 15) is 0 Å². The molecule has 0 radical (unpaired) electrons. The van der Waals surface area contributed by atoms with Crippen LogP contribution in [-0.4, -0.2) is 0 Å². The lowest BCUT2D eigenvalue weighted by Crippen LogP contribution is -2.34. The first-order chi connectivity index (χ1) is 8.95. The summed E-state index contributed by atoms with van der Waals surface area (Å²) in [5, 5.41) is 0. The van der Waals surface area contributed by atoms with Gasteiger partial charge in [0.1, 0.15) is 0 Å². The van der Waals surface area contributed by atoms with Crippen LogP contribution in [0.5, 0.6) is 0 Å². The predicted octanol–water partition coefficient (Wildman–Crippen LogP) is 5.95. The molecule has 104 valence electrons. The van der Waals surface area contributed by atoms with Gasteiger partial charge in [0.2, 0.25) is 0 Å². The zero-order chi connectivity index (χ0) is 12.2. The molecule has 2 unspecified atom stereocenters. The van der Waals surface area contributed by atoms with Crippen LogP contribution in [0.2, 0.25) is 0 Å². The standard InChI is InChI=1S/C18H32/c1-3-9-15(10-4-1)17-13-7-8-14-18(17)16-11-5-2-6-12-16/h15-18H,1-14H2. The van der Waals surface area contributed by atoms with Crippen LogP contribution in [0.3, 0.4) is 0 Å². The fourth-order valence-corrected chi connectivity index (χ4v) is 5.48. The van der Waals surface area contributed by atoms with E-state index in [1.807, 2.05) is 0 Å². The molecule has 0 heterocycles. The highest BCUT2D eigenvalue weighted by Gasteiger charge is 2.36. The Morgan fingerprint density at radius 3 is 1.06 bits per heavy atom. The van der Waals surface area contributed by atoms with E-state index in [0.717, 1.165) is 23.7 Å². The minimum atomic E-state index is 1.13. The van der Waals surface area contributed by atoms with Crippen molar-refractivity contribution in [3.63, 3.8) is 0 Å². The molecule has 0 aromatic heterocycles. The fraction of sp³-hybridized carbons (Fsp3) is 1.00. The summed E-state index contributed by atoms with van der Waals surface area (Å²) in [5.41, 5.74) is 0. The molecular formula is C18H32. The van der Waals surface area contributed by atoms with Gasteiger partial charge in [0.15, 0.2) is 0 Å². The topological polar surface area (TPSA) is 0 Å². The SMILES string of the molecule is C1CCC(C2CCCCC2C2CCCCC2)CC1. The molecule has 0 N–H and O–H groups in total. The van der Waals surface area contributed by atoms with Gasteiger partial charge in [0, 0.05) is 0 Å². The molecule has 0 aromatic rings. The van der Waals surface area contributed by atoms with Crippen molar-refractivity contribution in [1.29, 1.82) is 0 Å². The first kappa shape index (κ1) is 13.0. The summed E-state index contributed by atoms with van der Waals surface area (Å²) < 4.78 is 0. The second-order valence-electron chi connectivity index (χ2n) is 7.41. The number of hydrogen-bond acceptors (Lipinski definition) is 0. The second-order valence-corrected chi connectivity index (χ2v) is 7.41. The number of rotatable bonds is 2. The van der Waals surface area contributed by atoms with Crippen LogP contribution in [0, 0.1) is 23.7 Å². The summed E-state index contributed by atoms with van der Waals surface area (Å²) in [6, 6.07) is 0. The molecule has 3 fully saturated rings. The summed E-state index contributed by atoms with van der Waals surface area (Å²) in [6.07, 6.45) is 21.8. The van der Waals surface area contributed by atoms with E-state index < -0.39 is 0 Å². The predicted molar refractivity (Wildman–Crippen MR) is 78.6 cm³/mol. The Hall–Kier alpha value is 0. The van der Waals surface area contributed by atoms with Gasteiger partial charge in [0.25, 0.3) is 0 Å². The zero-order valence-corrected chi connectivity index (χ0v) is 12.2. The van der Waals surface area contributed by atoms with E-state index in [0.29, 0.717) is 0 Å². The molecular weight excluding hydrogens is 216 g/mol. The second kappa shape index (κ2) is 6.44. The summed E-state index contributed by atoms with van der Waals surface area (Å²) >= 11 is 0. The summed E-state index contributed by atoms with van der Waals surface area (Å²) in [7, 11) is 0. The quantitative estimate of drug-likeness (QED) is 0.566. The Morgan fingerprint density at radius 1 is 0.333 bits per heavy atom. The molecule has 3 aliphatic rings. The third-order valence-corrected chi connectivity index (χ3v) is 6.39. The van der Waals surface area contributed by atoms with Crippen LogP contribution in [0.25, 0.3) is 0 Å². The summed E-state index contributed by atoms with van der Waals surface area (Å²) in [5.74, 6) is 4.54. The van der Waals surface area contributed by atoms with Gasteiger partial charge in [-0.1, -0.05) is 77.0 Å². The molecule has 0 amide bonds. The molecule has 0 spiro atoms. The average molecular weight is 248 g/mol. The van der Waals surface area contributed by atoms with Gasteiger partial charge in [-0.3, -0.25) is 0 Å². The molecule has 3 saturated carbocycles. The van der Waals surface area contributed by atoms with E-state index in [-0.39, 0.29) is 0 Å². The molecule has 0 saturated heterocycles. The average Bonchev–Trinajstić information content (AvgIpc) is 2.49. The van der Waals surface area contributed by atoms with Crippen molar-refractivity contribution in [2.75, 3.05) is 0 Å². The maximum Gasteiger partial charge on any atom is -0.0355 e. The highest BCUT2D eigenvalue weighted by Crippen LogP contribution is 2.47. The van der Waals surface area contributed by atoms with Gasteiger partial charge in [0.05, 0.1) is 0 Å². The normalized spacial score (nSPS) is 36.7. The third-order valence-electron chi connectivity index (χ3n) is 6.39. The van der Waals surface area contributed by atoms with Crippen molar-refractivity contribution in [3.05, 3.63) is 0 Å². The van der Waals surface area contributed by atoms with E-state index >= 15 is 0 Å². The van der Waals surface area contributed by atoms with Gasteiger partial charge in [-0.05, 0) is 36.5 Å². The Bertz CT molecular complexity index is 206. The Kier molecular flexibility index (Phi) is 4.65. The van der Waals surface area contributed by atoms with Crippen LogP contribution in [-0.2, 0) is 0 Å². The zero-order valence-electron chi connectivity index (χ0n) is 12.2. The maximum absolute atomic E-state index is 1.59. The first-order valence-electron chi connectivity index (χ1n) is 8.95. The Morgan fingerprint density at radius 2 is 0.667 bits per heavy atom. The first-order valence-corrected chi connectivity index (χ1v) is 8.95. The molecule has 0 bridgehead atoms. The molecule has 0 aliphatic heterocycles. The lowest BCUT2D eigenvalue weighted by Gasteiger charge is -2.44. The van der Waals surface area contributed by atoms with E-state index in [1.165, 1.54) is 12.8 Å². The van der Waals surface area contributed by atoms with Crippen molar-refractivity contribution in [3.8, 4) is 0 Å². The minimum absolute atomic E-state index is 1.13. The lowest BCUT2D eigenvalue weighted by atomic mass is 9.62. The van der Waals surface area contributed by atoms with Gasteiger partial charge in [-0.2, -0.15) is 0 Å². The maximum atomic E-state index is 1.59. The highest BCUT2D eigenvalue weighted by molar-refractivity contribution is 4.87. The van der Waals surface area contributed by atoms with E-state index in [4.69, 9.17) is 0 Å². The molecule has 2 atom stereocenters. The molecule has 3 rings (SSSR count). The minimum Gasteiger partial charge on any atom is -0.0533 e. The highest BCUT2D eigenvalue weighted by atomic mass is 14.4. The smallest absolute Gasteiger partial charge is 0.0355 e. The third kappa shape index (κ3) is 2.94. The van der Waals surface area contributed by atoms with Gasteiger partial charge in [-0.25, -0.2) is 0 Å². The van der Waals surface area contributed by atoms with Crippen LogP contribution >= 0.6 is 0 Å². The van der Waals surface area contributed by atoms with Crippen LogP contribution < -0.4 is 0 Å². The van der Waals surface area contributed by atoms with Crippen molar-refractivity contribution in [1.82, 2.24) is 0 Å². The van der Waals surface area contributed by atoms with Gasteiger partial charge >= 0.3 is 0 Å². The van der Waals surface area contributed by atoms with E-state index in [1.54, 1.807) is 77.0 Å². The van der Waals surface area contributed by atoms with E-state index in [2.05, 4.69) is 0 Å². The van der Waals surface area contributed by atoms with Crippen LogP contribution in [0.4, 0.5) is 0 Å². The molecule has 18 heavy (non-hydrogen) atoms. The van der Waals surface area contributed by atoms with Crippen LogP contribution in [0.15, 0.2) is 0 Å². The van der Waals surface area contributed by atoms with Crippen molar-refractivity contribution >= 4 is 0 Å². The molecule has 0 heteroatoms. The summed E-state index contributed by atoms with van der Waals surface area (Å²) in [6.45, 7) is 0. The fourth-order valence-electron chi connectivity index (χ4n) is 5.48. The van der Waals surface area contributed by atoms with Crippen LogP contribution in [0.1, 0.15) is 89.9 Å². The number of hydrogen-bond donors (Lipinski definition) is 0. The van der Waals surface area contributed by atoms with Crippen molar-refractivity contribution in [2.24, 2.45) is 23.7 Å². The lowest BCUT2D eigenvalue weighted by molar-refractivity contribution is 0.0687. The van der Waals surface area contributed by atoms with Crippen molar-refractivity contribution in [2.45, 2.75) is 89.9 Å². The molecule has 0 aromatic carbocycles. The Balaban J connectivity index is 1.64.